The molecule has 6 heteroatoms. The highest BCUT2D eigenvalue weighted by Crippen LogP contribution is 2.43. The van der Waals surface area contributed by atoms with Gasteiger partial charge >= 0.3 is 0 Å². The molecule has 0 bridgehead atoms. The van der Waals surface area contributed by atoms with Crippen molar-refractivity contribution in [2.24, 2.45) is 0 Å². The highest BCUT2D eigenvalue weighted by atomic mass is 16.5. The molecular weight excluding hydrogens is 442 g/mol. The molecule has 178 valence electrons. The van der Waals surface area contributed by atoms with Crippen LogP contribution in [0.15, 0.2) is 66.2 Å². The van der Waals surface area contributed by atoms with E-state index >= 15 is 0 Å². The number of ether oxygens (including phenoxy) is 2. The minimum Gasteiger partial charge on any atom is -0.507 e. The van der Waals surface area contributed by atoms with Gasteiger partial charge in [0.1, 0.15) is 17.6 Å². The van der Waals surface area contributed by atoms with Crippen LogP contribution >= 0.6 is 0 Å². The second-order valence-corrected chi connectivity index (χ2v) is 9.61. The first-order valence-corrected chi connectivity index (χ1v) is 12.2. The topological polar surface area (TPSA) is 76.1 Å². The molecule has 35 heavy (non-hydrogen) atoms. The van der Waals surface area contributed by atoms with Gasteiger partial charge < -0.3 is 19.5 Å². The van der Waals surface area contributed by atoms with E-state index in [0.29, 0.717) is 18.7 Å². The van der Waals surface area contributed by atoms with E-state index in [0.717, 1.165) is 46.9 Å². The zero-order chi connectivity index (χ0) is 24.1. The van der Waals surface area contributed by atoms with Crippen LogP contribution in [0, 0.1) is 0 Å². The number of hydrogen-bond donors (Lipinski definition) is 1. The fourth-order valence-electron chi connectivity index (χ4n) is 5.61. The van der Waals surface area contributed by atoms with Gasteiger partial charge in [-0.05, 0) is 59.9 Å². The third-order valence-electron chi connectivity index (χ3n) is 7.25. The lowest BCUT2D eigenvalue weighted by Crippen LogP contribution is -2.36. The maximum atomic E-state index is 13.4. The molecule has 3 aliphatic rings. The number of fused-ring (bicyclic) bond motifs is 2. The van der Waals surface area contributed by atoms with Crippen molar-refractivity contribution in [2.45, 2.75) is 44.4 Å². The number of carbonyl (C=O) groups is 2. The van der Waals surface area contributed by atoms with Crippen LogP contribution in [0.1, 0.15) is 42.5 Å². The first kappa shape index (κ1) is 21.9. The van der Waals surface area contributed by atoms with E-state index in [-0.39, 0.29) is 23.5 Å². The predicted molar refractivity (Wildman–Crippen MR) is 132 cm³/mol. The Morgan fingerprint density at radius 2 is 1.91 bits per heavy atom. The quantitative estimate of drug-likeness (QED) is 0.339. The first-order chi connectivity index (χ1) is 17.0. The van der Waals surface area contributed by atoms with Gasteiger partial charge in [0.25, 0.3) is 11.7 Å². The molecule has 0 aromatic heterocycles. The molecule has 1 N–H and O–H groups in total. The van der Waals surface area contributed by atoms with Crippen LogP contribution in [0.25, 0.3) is 16.5 Å². The van der Waals surface area contributed by atoms with Crippen LogP contribution in [0.3, 0.4) is 0 Å². The van der Waals surface area contributed by atoms with E-state index in [2.05, 4.69) is 0 Å². The van der Waals surface area contributed by atoms with Crippen molar-refractivity contribution < 1.29 is 24.2 Å². The van der Waals surface area contributed by atoms with Crippen molar-refractivity contribution in [3.8, 4) is 5.75 Å². The minimum atomic E-state index is -0.700. The molecule has 1 amide bonds. The Kier molecular flexibility index (Phi) is 5.33. The number of aliphatic hydroxyl groups is 1. The number of hydrogen-bond acceptors (Lipinski definition) is 5. The summed E-state index contributed by atoms with van der Waals surface area (Å²) >= 11 is 0. The molecule has 3 aromatic rings. The summed E-state index contributed by atoms with van der Waals surface area (Å²) in [6, 6.07) is 18.5. The molecule has 3 aliphatic heterocycles. The van der Waals surface area contributed by atoms with E-state index in [4.69, 9.17) is 9.47 Å². The van der Waals surface area contributed by atoms with Gasteiger partial charge in [-0.25, -0.2) is 0 Å². The van der Waals surface area contributed by atoms with E-state index in [1.807, 2.05) is 61.5 Å². The Morgan fingerprint density at radius 3 is 2.74 bits per heavy atom. The molecule has 0 aliphatic carbocycles. The molecule has 6 rings (SSSR count). The van der Waals surface area contributed by atoms with Crippen LogP contribution in [-0.2, 0) is 20.7 Å². The maximum Gasteiger partial charge on any atom is 0.295 e. The third-order valence-corrected chi connectivity index (χ3v) is 7.25. The van der Waals surface area contributed by atoms with Gasteiger partial charge in [0, 0.05) is 25.1 Å². The lowest BCUT2D eigenvalue weighted by molar-refractivity contribution is -0.140. The summed E-state index contributed by atoms with van der Waals surface area (Å²) in [6.07, 6.45) is 2.45. The average Bonchev–Trinajstić information content (AvgIpc) is 3.57. The van der Waals surface area contributed by atoms with Gasteiger partial charge in [0.15, 0.2) is 0 Å². The molecule has 3 heterocycles. The Balaban J connectivity index is 1.52. The number of nitrogens with zero attached hydrogens (tertiary/aromatic N) is 1. The number of rotatable bonds is 4. The van der Waals surface area contributed by atoms with Gasteiger partial charge in [-0.3, -0.25) is 9.59 Å². The number of aliphatic hydroxyl groups excluding tert-OH is 1. The monoisotopic (exact) mass is 469 g/mol. The summed E-state index contributed by atoms with van der Waals surface area (Å²) in [5, 5.41) is 13.5. The Bertz CT molecular complexity index is 1370. The molecule has 0 saturated carbocycles. The summed E-state index contributed by atoms with van der Waals surface area (Å²) in [5.41, 5.74) is 2.44. The van der Waals surface area contributed by atoms with Crippen molar-refractivity contribution in [1.82, 2.24) is 4.90 Å². The minimum absolute atomic E-state index is 0.0649. The predicted octanol–water partition coefficient (Wildman–Crippen LogP) is 4.76. The van der Waals surface area contributed by atoms with Gasteiger partial charge in [-0.1, -0.05) is 42.5 Å². The molecule has 0 unspecified atom stereocenters. The molecular formula is C29H27NO5. The third kappa shape index (κ3) is 3.69. The summed E-state index contributed by atoms with van der Waals surface area (Å²) in [5.74, 6) is -0.626. The summed E-state index contributed by atoms with van der Waals surface area (Å²) in [6.45, 7) is 2.96. The number of benzene rings is 3. The second-order valence-electron chi connectivity index (χ2n) is 9.61. The fourth-order valence-corrected chi connectivity index (χ4v) is 5.61. The Hall–Kier alpha value is -3.64. The molecule has 6 nitrogen and oxygen atoms in total. The van der Waals surface area contributed by atoms with Crippen molar-refractivity contribution in [2.75, 3.05) is 13.2 Å². The first-order valence-electron chi connectivity index (χ1n) is 12.2. The SMILES string of the molecule is C[C@@H]1Cc2cc(C(O)=C3C(=O)C(=O)N(C[C@@H]4CCCO4)[C@@H]3c3cccc4ccccc34)ccc2O1. The maximum absolute atomic E-state index is 13.4. The van der Waals surface area contributed by atoms with Crippen LogP contribution in [-0.4, -0.2) is 47.1 Å². The van der Waals surface area contributed by atoms with Crippen molar-refractivity contribution in [3.05, 3.63) is 82.9 Å². The molecule has 3 atom stereocenters. The van der Waals surface area contributed by atoms with Gasteiger partial charge in [0.05, 0.1) is 17.7 Å². The second kappa shape index (κ2) is 8.54. The van der Waals surface area contributed by atoms with E-state index in [1.54, 1.807) is 11.0 Å². The fraction of sp³-hybridized carbons (Fsp3) is 0.310. The van der Waals surface area contributed by atoms with Crippen molar-refractivity contribution in [1.29, 1.82) is 0 Å². The van der Waals surface area contributed by atoms with Crippen LogP contribution in [0.2, 0.25) is 0 Å². The van der Waals surface area contributed by atoms with E-state index < -0.39 is 17.7 Å². The number of Topliss-reactive ketones (excluding diaryl/α,β-unsaturated/α-hetero) is 1. The number of ketones is 1. The van der Waals surface area contributed by atoms with Crippen LogP contribution in [0.4, 0.5) is 0 Å². The summed E-state index contributed by atoms with van der Waals surface area (Å²) in [4.78, 5) is 28.4. The molecule has 3 aromatic carbocycles. The highest BCUT2D eigenvalue weighted by Gasteiger charge is 2.47. The molecule has 0 spiro atoms. The number of likely N-dealkylation sites (tertiary alicyclic amines) is 1. The standard InChI is InChI=1S/C29H27NO5/c1-17-14-20-15-19(11-12-24(20)35-17)27(31)25-26(23-10-4-7-18-6-2-3-9-22(18)23)30(29(33)28(25)32)16-21-8-5-13-34-21/h2-4,6-7,9-12,15,17,21,26,31H,5,8,13-14,16H2,1H3/t17-,21+,26-/m1/s1. The smallest absolute Gasteiger partial charge is 0.295 e. The summed E-state index contributed by atoms with van der Waals surface area (Å²) in [7, 11) is 0. The lowest BCUT2D eigenvalue weighted by Gasteiger charge is -2.28. The van der Waals surface area contributed by atoms with Crippen molar-refractivity contribution in [3.63, 3.8) is 0 Å². The largest absolute Gasteiger partial charge is 0.507 e. The van der Waals surface area contributed by atoms with Crippen LogP contribution < -0.4 is 4.74 Å². The van der Waals surface area contributed by atoms with Crippen LogP contribution in [0.5, 0.6) is 5.75 Å². The highest BCUT2D eigenvalue weighted by molar-refractivity contribution is 6.46. The lowest BCUT2D eigenvalue weighted by atomic mass is 9.91. The average molecular weight is 470 g/mol. The molecule has 2 fully saturated rings. The Morgan fingerprint density at radius 1 is 1.09 bits per heavy atom. The zero-order valence-corrected chi connectivity index (χ0v) is 19.6. The number of carbonyl (C=O) groups excluding carboxylic acids is 2. The van der Waals surface area contributed by atoms with E-state index in [9.17, 15) is 14.7 Å². The zero-order valence-electron chi connectivity index (χ0n) is 19.6. The molecule has 2 saturated heterocycles. The van der Waals surface area contributed by atoms with Gasteiger partial charge in [-0.15, -0.1) is 0 Å². The van der Waals surface area contributed by atoms with Gasteiger partial charge in [-0.2, -0.15) is 0 Å². The normalized spacial score (nSPS) is 25.3. The van der Waals surface area contributed by atoms with E-state index in [1.165, 1.54) is 0 Å². The number of amides is 1. The van der Waals surface area contributed by atoms with Gasteiger partial charge in [0.2, 0.25) is 0 Å². The van der Waals surface area contributed by atoms with Crippen molar-refractivity contribution >= 4 is 28.2 Å². The summed E-state index contributed by atoms with van der Waals surface area (Å²) < 4.78 is 11.6. The molecule has 0 radical (unpaired) electrons. The Labute approximate surface area is 203 Å².